The Morgan fingerprint density at radius 1 is 1.35 bits per heavy atom. The number of benzene rings is 1. The zero-order chi connectivity index (χ0) is 12.1. The fourth-order valence-electron chi connectivity index (χ4n) is 2.36. The molecule has 0 aromatic heterocycles. The lowest BCUT2D eigenvalue weighted by molar-refractivity contribution is 0.320. The molecular weight excluding hydrogens is 214 g/mol. The van der Waals surface area contributed by atoms with E-state index >= 15 is 0 Å². The van der Waals surface area contributed by atoms with Crippen LogP contribution in [-0.4, -0.2) is 25.1 Å². The molecule has 1 saturated heterocycles. The van der Waals surface area contributed by atoms with Crippen molar-refractivity contribution in [3.05, 3.63) is 29.3 Å². The molecule has 0 unspecified atom stereocenters. The largest absolute Gasteiger partial charge is 0.496 e. The van der Waals surface area contributed by atoms with Gasteiger partial charge in [-0.15, -0.1) is 0 Å². The van der Waals surface area contributed by atoms with E-state index in [0.717, 1.165) is 12.3 Å². The summed E-state index contributed by atoms with van der Waals surface area (Å²) in [5, 5.41) is 0. The molecule has 3 N–H and O–H groups in total. The molecule has 1 aliphatic rings. The fourth-order valence-corrected chi connectivity index (χ4v) is 2.36. The molecule has 94 valence electrons. The van der Waals surface area contributed by atoms with E-state index in [1.807, 2.05) is 12.1 Å². The third-order valence-corrected chi connectivity index (χ3v) is 3.24. The van der Waals surface area contributed by atoms with E-state index < -0.39 is 0 Å². The van der Waals surface area contributed by atoms with Gasteiger partial charge in [0.15, 0.2) is 0 Å². The van der Waals surface area contributed by atoms with Crippen LogP contribution in [0.1, 0.15) is 24.0 Å². The molecule has 0 saturated carbocycles. The van der Waals surface area contributed by atoms with E-state index in [1.165, 1.54) is 37.1 Å². The highest BCUT2D eigenvalue weighted by atomic mass is 16.5. The second kappa shape index (κ2) is 6.00. The summed E-state index contributed by atoms with van der Waals surface area (Å²) in [5.74, 6) is 6.32. The smallest absolute Gasteiger partial charge is 0.123 e. The van der Waals surface area contributed by atoms with Crippen molar-refractivity contribution < 1.29 is 4.74 Å². The van der Waals surface area contributed by atoms with Gasteiger partial charge in [0.25, 0.3) is 0 Å². The maximum atomic E-state index is 5.41. The highest BCUT2D eigenvalue weighted by molar-refractivity contribution is 5.37. The molecule has 0 spiro atoms. The lowest BCUT2D eigenvalue weighted by Gasteiger charge is -2.17. The second-order valence-corrected chi connectivity index (χ2v) is 4.51. The number of rotatable bonds is 5. The number of nitrogens with two attached hydrogens (primary N) is 1. The van der Waals surface area contributed by atoms with Crippen LogP contribution in [-0.2, 0) is 13.1 Å². The zero-order valence-electron chi connectivity index (χ0n) is 10.4. The second-order valence-electron chi connectivity index (χ2n) is 4.51. The number of methoxy groups -OCH3 is 1. The van der Waals surface area contributed by atoms with Gasteiger partial charge in [-0.2, -0.15) is 0 Å². The van der Waals surface area contributed by atoms with Crippen molar-refractivity contribution in [2.45, 2.75) is 25.9 Å². The minimum absolute atomic E-state index is 0.691. The Labute approximate surface area is 103 Å². The summed E-state index contributed by atoms with van der Waals surface area (Å²) in [6.07, 6.45) is 2.62. The van der Waals surface area contributed by atoms with E-state index in [9.17, 15) is 0 Å². The molecule has 0 bridgehead atoms. The predicted octanol–water partition coefficient (Wildman–Crippen LogP) is 1.25. The van der Waals surface area contributed by atoms with Gasteiger partial charge in [0.1, 0.15) is 5.75 Å². The first kappa shape index (κ1) is 12.4. The Morgan fingerprint density at radius 3 is 2.76 bits per heavy atom. The van der Waals surface area contributed by atoms with Crippen LogP contribution in [0.2, 0.25) is 0 Å². The van der Waals surface area contributed by atoms with Crippen LogP contribution >= 0.6 is 0 Å². The van der Waals surface area contributed by atoms with E-state index in [1.54, 1.807) is 7.11 Å². The summed E-state index contributed by atoms with van der Waals surface area (Å²) in [6.45, 7) is 4.06. The van der Waals surface area contributed by atoms with Gasteiger partial charge < -0.3 is 4.74 Å². The van der Waals surface area contributed by atoms with Crippen molar-refractivity contribution in [1.82, 2.24) is 10.3 Å². The number of ether oxygens (including phenoxy) is 1. The topological polar surface area (TPSA) is 50.5 Å². The molecule has 1 fully saturated rings. The van der Waals surface area contributed by atoms with E-state index in [4.69, 9.17) is 10.6 Å². The van der Waals surface area contributed by atoms with Crippen LogP contribution < -0.4 is 16.0 Å². The number of hydrogen-bond acceptors (Lipinski definition) is 4. The van der Waals surface area contributed by atoms with Crippen LogP contribution in [0.3, 0.4) is 0 Å². The van der Waals surface area contributed by atoms with E-state index in [-0.39, 0.29) is 0 Å². The summed E-state index contributed by atoms with van der Waals surface area (Å²) in [5.41, 5.74) is 5.14. The molecule has 17 heavy (non-hydrogen) atoms. The summed E-state index contributed by atoms with van der Waals surface area (Å²) in [7, 11) is 1.73. The minimum Gasteiger partial charge on any atom is -0.496 e. The molecule has 4 heteroatoms. The third kappa shape index (κ3) is 3.19. The van der Waals surface area contributed by atoms with Gasteiger partial charge in [-0.25, -0.2) is 0 Å². The summed E-state index contributed by atoms with van der Waals surface area (Å²) >= 11 is 0. The third-order valence-electron chi connectivity index (χ3n) is 3.24. The molecule has 4 nitrogen and oxygen atoms in total. The molecule has 0 atom stereocenters. The van der Waals surface area contributed by atoms with Gasteiger partial charge in [-0.3, -0.25) is 16.2 Å². The molecule has 1 aliphatic heterocycles. The van der Waals surface area contributed by atoms with Gasteiger partial charge in [-0.05, 0) is 43.6 Å². The number of nitrogens with one attached hydrogen (secondary N) is 1. The molecule has 2 rings (SSSR count). The summed E-state index contributed by atoms with van der Waals surface area (Å²) < 4.78 is 5.41. The monoisotopic (exact) mass is 235 g/mol. The minimum atomic E-state index is 0.691. The molecule has 0 amide bonds. The normalized spacial score (nSPS) is 16.4. The first-order valence-electron chi connectivity index (χ1n) is 6.15. The number of hydrazine groups is 1. The molecule has 1 heterocycles. The Bertz CT molecular complexity index is 362. The molecule has 1 aromatic rings. The van der Waals surface area contributed by atoms with Gasteiger partial charge in [-0.1, -0.05) is 6.07 Å². The van der Waals surface area contributed by atoms with Gasteiger partial charge in [0.05, 0.1) is 7.11 Å². The Morgan fingerprint density at radius 2 is 2.12 bits per heavy atom. The van der Waals surface area contributed by atoms with Crippen LogP contribution in [0.5, 0.6) is 5.75 Å². The van der Waals surface area contributed by atoms with E-state index in [2.05, 4.69) is 16.4 Å². The standard InChI is InChI=1S/C13H21N3O/c1-17-13-5-4-11(9-15-14)8-12(13)10-16-6-2-3-7-16/h4-5,8,15H,2-3,6-7,9-10,14H2,1H3. The van der Waals surface area contributed by atoms with Gasteiger partial charge in [0, 0.05) is 18.7 Å². The first-order chi connectivity index (χ1) is 8.33. The quantitative estimate of drug-likeness (QED) is 0.596. The lowest BCUT2D eigenvalue weighted by Crippen LogP contribution is -2.22. The summed E-state index contributed by atoms with van der Waals surface area (Å²) in [4.78, 5) is 2.47. The fraction of sp³-hybridized carbons (Fsp3) is 0.538. The SMILES string of the molecule is COc1ccc(CNN)cc1CN1CCCC1. The zero-order valence-corrected chi connectivity index (χ0v) is 10.4. The number of likely N-dealkylation sites (tertiary alicyclic amines) is 1. The highest BCUT2D eigenvalue weighted by Crippen LogP contribution is 2.23. The van der Waals surface area contributed by atoms with Crippen LogP contribution in [0, 0.1) is 0 Å². The Balaban J connectivity index is 2.12. The molecular formula is C13H21N3O. The average molecular weight is 235 g/mol. The van der Waals surface area contributed by atoms with Crippen molar-refractivity contribution in [1.29, 1.82) is 0 Å². The van der Waals surface area contributed by atoms with Crippen LogP contribution in [0.25, 0.3) is 0 Å². The predicted molar refractivity (Wildman–Crippen MR) is 68.5 cm³/mol. The van der Waals surface area contributed by atoms with Crippen LogP contribution in [0.15, 0.2) is 18.2 Å². The molecule has 1 aromatic carbocycles. The van der Waals surface area contributed by atoms with Crippen molar-refractivity contribution >= 4 is 0 Å². The number of hydrogen-bond donors (Lipinski definition) is 2. The molecule has 0 radical (unpaired) electrons. The Kier molecular flexibility index (Phi) is 4.36. The Hall–Kier alpha value is -1.10. The maximum absolute atomic E-state index is 5.41. The first-order valence-corrected chi connectivity index (χ1v) is 6.15. The van der Waals surface area contributed by atoms with Gasteiger partial charge >= 0.3 is 0 Å². The van der Waals surface area contributed by atoms with Crippen molar-refractivity contribution in [2.75, 3.05) is 20.2 Å². The van der Waals surface area contributed by atoms with E-state index in [0.29, 0.717) is 6.54 Å². The summed E-state index contributed by atoms with van der Waals surface area (Å²) in [6, 6.07) is 6.25. The van der Waals surface area contributed by atoms with Crippen molar-refractivity contribution in [3.63, 3.8) is 0 Å². The van der Waals surface area contributed by atoms with Crippen LogP contribution in [0.4, 0.5) is 0 Å². The van der Waals surface area contributed by atoms with Gasteiger partial charge in [0.2, 0.25) is 0 Å². The highest BCUT2D eigenvalue weighted by Gasteiger charge is 2.14. The van der Waals surface area contributed by atoms with Crippen molar-refractivity contribution in [2.24, 2.45) is 5.84 Å². The van der Waals surface area contributed by atoms with Crippen molar-refractivity contribution in [3.8, 4) is 5.75 Å². The lowest BCUT2D eigenvalue weighted by atomic mass is 10.1. The number of nitrogens with zero attached hydrogens (tertiary/aromatic N) is 1. The molecule has 0 aliphatic carbocycles. The maximum Gasteiger partial charge on any atom is 0.123 e. The average Bonchev–Trinajstić information content (AvgIpc) is 2.83.